The number of nitrogens with one attached hydrogen (secondary N) is 1. The Labute approximate surface area is 393 Å². The van der Waals surface area contributed by atoms with Crippen LogP contribution in [0.3, 0.4) is 0 Å². The number of ether oxygens (including phenoxy) is 7. The number of esters is 3. The van der Waals surface area contributed by atoms with Crippen LogP contribution in [-0.2, 0) is 47.5 Å². The molecule has 16 heteroatoms. The highest BCUT2D eigenvalue weighted by atomic mass is 16.6. The monoisotopic (exact) mass is 932 g/mol. The number of fused-ring (bicyclic) bond motifs is 5. The predicted octanol–water partition coefficient (Wildman–Crippen LogP) is 5.28. The van der Waals surface area contributed by atoms with Gasteiger partial charge in [0.1, 0.15) is 35.3 Å². The van der Waals surface area contributed by atoms with Crippen LogP contribution in [0.15, 0.2) is 71.8 Å². The quantitative estimate of drug-likeness (QED) is 0.133. The molecular weight excluding hydrogens is 865 g/mol. The Hall–Kier alpha value is -4.71. The van der Waals surface area contributed by atoms with Crippen molar-refractivity contribution in [1.29, 1.82) is 0 Å². The van der Waals surface area contributed by atoms with Crippen molar-refractivity contribution in [2.45, 2.75) is 134 Å². The molecule has 1 amide bonds. The van der Waals surface area contributed by atoms with E-state index < -0.39 is 100 Å². The molecule has 0 unspecified atom stereocenters. The maximum Gasteiger partial charge on any atom is 0.408 e. The van der Waals surface area contributed by atoms with E-state index in [2.05, 4.69) is 10.2 Å². The fourth-order valence-electron chi connectivity index (χ4n) is 11.7. The van der Waals surface area contributed by atoms with Gasteiger partial charge >= 0.3 is 24.0 Å². The first-order chi connectivity index (χ1) is 31.6. The molecule has 2 aromatic carbocycles. The second-order valence-corrected chi connectivity index (χ2v) is 20.5. The molecule has 2 heterocycles. The van der Waals surface area contributed by atoms with Crippen LogP contribution in [0, 0.1) is 22.7 Å². The predicted molar refractivity (Wildman–Crippen MR) is 242 cm³/mol. The lowest BCUT2D eigenvalue weighted by Crippen LogP contribution is -2.81. The molecule has 2 aliphatic heterocycles. The lowest BCUT2D eigenvalue weighted by atomic mass is 9.43. The summed E-state index contributed by atoms with van der Waals surface area (Å²) in [6.45, 7) is 16.6. The molecule has 0 spiro atoms. The molecule has 2 saturated heterocycles. The fraction of sp³-hybridized carbons (Fsp3) is 0.627. The van der Waals surface area contributed by atoms with Crippen LogP contribution in [0.2, 0.25) is 0 Å². The van der Waals surface area contributed by atoms with Gasteiger partial charge in [-0.15, -0.1) is 0 Å². The second-order valence-electron chi connectivity index (χ2n) is 20.5. The molecule has 2 bridgehead atoms. The molecular formula is C51H68N2O14. The summed E-state index contributed by atoms with van der Waals surface area (Å²) in [6.07, 6.45) is -6.77. The number of amides is 1. The number of carbonyl (C=O) groups is 5. The highest BCUT2D eigenvalue weighted by Gasteiger charge is 2.78. The number of aliphatic hydroxyl groups is 2. The summed E-state index contributed by atoms with van der Waals surface area (Å²) >= 11 is 0. The number of hydrogen-bond donors (Lipinski definition) is 3. The van der Waals surface area contributed by atoms with E-state index in [0.29, 0.717) is 49.3 Å². The maximum absolute atomic E-state index is 16.3. The van der Waals surface area contributed by atoms with Gasteiger partial charge < -0.3 is 48.7 Å². The number of nitrogens with zero attached hydrogens (tertiary/aromatic N) is 1. The first-order valence-corrected chi connectivity index (χ1v) is 23.4. The second kappa shape index (κ2) is 19.4. The summed E-state index contributed by atoms with van der Waals surface area (Å²) in [4.78, 5) is 74.1. The minimum atomic E-state index is -2.17. The van der Waals surface area contributed by atoms with Gasteiger partial charge in [-0.05, 0) is 82.8 Å². The zero-order valence-corrected chi connectivity index (χ0v) is 40.2. The Kier molecular flexibility index (Phi) is 14.5. The zero-order valence-electron chi connectivity index (χ0n) is 40.2. The van der Waals surface area contributed by atoms with Crippen molar-refractivity contribution in [2.24, 2.45) is 22.7 Å². The van der Waals surface area contributed by atoms with E-state index in [1.54, 1.807) is 109 Å². The molecule has 0 aromatic heterocycles. The topological polar surface area (TPSA) is 206 Å². The number of methoxy groups -OCH3 is 1. The van der Waals surface area contributed by atoms with Crippen molar-refractivity contribution in [2.75, 3.05) is 46.6 Å². The molecule has 0 radical (unpaired) electrons. The highest BCUT2D eigenvalue weighted by Crippen LogP contribution is 2.66. The Bertz CT molecular complexity index is 2190. The van der Waals surface area contributed by atoms with E-state index >= 15 is 4.79 Å². The van der Waals surface area contributed by atoms with Gasteiger partial charge in [-0.3, -0.25) is 14.5 Å². The Morgan fingerprint density at radius 3 is 2.19 bits per heavy atom. The first-order valence-electron chi connectivity index (χ1n) is 23.4. The minimum absolute atomic E-state index is 0.156. The van der Waals surface area contributed by atoms with E-state index in [-0.39, 0.29) is 30.8 Å². The van der Waals surface area contributed by atoms with E-state index in [1.807, 2.05) is 0 Å². The molecule has 3 N–H and O–H groups in total. The lowest BCUT2D eigenvalue weighted by molar-refractivity contribution is -0.347. The average Bonchev–Trinajstić information content (AvgIpc) is 3.27. The Morgan fingerprint density at radius 1 is 0.970 bits per heavy atom. The Balaban J connectivity index is 1.39. The van der Waals surface area contributed by atoms with Crippen LogP contribution >= 0.6 is 0 Å². The molecule has 366 valence electrons. The molecule has 2 aromatic rings. The molecule has 2 saturated carbocycles. The maximum atomic E-state index is 16.3. The van der Waals surface area contributed by atoms with Crippen molar-refractivity contribution in [3.63, 3.8) is 0 Å². The van der Waals surface area contributed by atoms with Gasteiger partial charge in [-0.25, -0.2) is 14.4 Å². The van der Waals surface area contributed by atoms with E-state index in [0.717, 1.165) is 13.1 Å². The number of morpholine rings is 1. The number of benzene rings is 2. The first kappa shape index (κ1) is 50.2. The summed E-state index contributed by atoms with van der Waals surface area (Å²) in [7, 11) is 1.50. The molecule has 5 aliphatic rings. The molecule has 7 rings (SSSR count). The normalized spacial score (nSPS) is 32.4. The van der Waals surface area contributed by atoms with Gasteiger partial charge in [0.25, 0.3) is 0 Å². The van der Waals surface area contributed by atoms with Crippen LogP contribution in [-0.4, -0.2) is 139 Å². The number of ketones is 1. The Morgan fingerprint density at radius 2 is 1.61 bits per heavy atom. The van der Waals surface area contributed by atoms with Gasteiger partial charge in [0, 0.05) is 51.3 Å². The summed E-state index contributed by atoms with van der Waals surface area (Å²) in [5, 5.41) is 28.6. The van der Waals surface area contributed by atoms with Gasteiger partial charge in [-0.2, -0.15) is 0 Å². The third-order valence-electron chi connectivity index (χ3n) is 15.0. The summed E-state index contributed by atoms with van der Waals surface area (Å²) in [5.74, 6) is -5.04. The molecule has 4 fully saturated rings. The van der Waals surface area contributed by atoms with Crippen LogP contribution in [0.4, 0.5) is 4.79 Å². The average molecular weight is 933 g/mol. The smallest absolute Gasteiger partial charge is 0.408 e. The standard InChI is InChI=1S/C51H68N2O14/c1-30-35(64-45(58)40(55)39(32-17-12-10-13-18-32)52-46(59)67-47(3,4)5)28-51(60)43(65-44(57)33-19-14-11-15-20-33)41-49(8,36(61-9)27-37-50(41,29-63-37)66-31(2)54)42(56)34(38(30)48(51,6)7)21-16-22-53-23-25-62-26-24-53/h10-15,17-20,34-37,39-41,43,55,60H,16,21-29H2,1-9H3,(H,52,59)/t34-,35+,36+,37-,39+,40-,41+,43+,49-,50+,51-/m1/s1. The molecule has 3 aliphatic carbocycles. The number of aliphatic hydroxyl groups excluding tert-OH is 1. The van der Waals surface area contributed by atoms with Crippen molar-refractivity contribution in [1.82, 2.24) is 10.2 Å². The lowest BCUT2D eigenvalue weighted by Gasteiger charge is -2.68. The van der Waals surface area contributed by atoms with Crippen LogP contribution in [0.25, 0.3) is 0 Å². The van der Waals surface area contributed by atoms with Crippen molar-refractivity contribution in [3.05, 3.63) is 82.9 Å². The van der Waals surface area contributed by atoms with E-state index in [1.165, 1.54) is 14.0 Å². The summed E-state index contributed by atoms with van der Waals surface area (Å²) in [6, 6.07) is 15.3. The van der Waals surface area contributed by atoms with Crippen molar-refractivity contribution >= 4 is 29.8 Å². The van der Waals surface area contributed by atoms with Crippen molar-refractivity contribution in [3.8, 4) is 0 Å². The summed E-state index contributed by atoms with van der Waals surface area (Å²) < 4.78 is 42.7. The third kappa shape index (κ3) is 9.41. The van der Waals surface area contributed by atoms with E-state index in [4.69, 9.17) is 33.2 Å². The van der Waals surface area contributed by atoms with E-state index in [9.17, 15) is 29.4 Å². The fourth-order valence-corrected chi connectivity index (χ4v) is 11.7. The summed E-state index contributed by atoms with van der Waals surface area (Å²) in [5.41, 5.74) is -6.06. The van der Waals surface area contributed by atoms with Gasteiger partial charge in [0.15, 0.2) is 11.7 Å². The largest absolute Gasteiger partial charge is 0.456 e. The number of hydrogen-bond acceptors (Lipinski definition) is 15. The molecule has 11 atom stereocenters. The molecule has 67 heavy (non-hydrogen) atoms. The van der Waals surface area contributed by atoms with Gasteiger partial charge in [0.05, 0.1) is 48.9 Å². The van der Waals surface area contributed by atoms with Crippen LogP contribution in [0.5, 0.6) is 0 Å². The minimum Gasteiger partial charge on any atom is -0.456 e. The number of rotatable bonds is 13. The van der Waals surface area contributed by atoms with Gasteiger partial charge in [0.2, 0.25) is 0 Å². The van der Waals surface area contributed by atoms with Crippen molar-refractivity contribution < 1.29 is 67.3 Å². The van der Waals surface area contributed by atoms with Gasteiger partial charge in [-0.1, -0.05) is 62.4 Å². The highest BCUT2D eigenvalue weighted by molar-refractivity contribution is 5.93. The molecule has 16 nitrogen and oxygen atoms in total. The third-order valence-corrected chi connectivity index (χ3v) is 15.0. The number of Topliss-reactive ketones (excluding diaryl/α,β-unsaturated/α-hetero) is 1. The van der Waals surface area contributed by atoms with Crippen LogP contribution in [0.1, 0.15) is 103 Å². The number of alkyl carbamates (subject to hydrolysis) is 1. The SMILES string of the molecule is CO[C@H]1C[C@H]2OC[C@@]2(OC(C)=O)[C@H]2[C@H](OC(=O)c3ccccc3)[C@]3(O)C[C@H](OC(=O)[C@H](O)[C@@H](NC(=O)OC(C)(C)C)c4ccccc4)C(C)=C([C@@H](CCCN4CCOCC4)C(=O)[C@]12C)C3(C)C. The number of carbonyl (C=O) groups excluding carboxylic acids is 5. The van der Waals surface area contributed by atoms with Crippen LogP contribution < -0.4 is 5.32 Å². The zero-order chi connectivity index (χ0) is 48.7.